The van der Waals surface area contributed by atoms with Gasteiger partial charge in [-0.15, -0.1) is 11.3 Å². The lowest BCUT2D eigenvalue weighted by Crippen LogP contribution is -2.23. The fraction of sp³-hybridized carbons (Fsp3) is 0.118. The van der Waals surface area contributed by atoms with Gasteiger partial charge in [-0.1, -0.05) is 0 Å². The standard InChI is InChI=1S/C17H14N6OS/c1-10-9-23(15-12(10)4-3-5-18-15)22-16(24)13-8-20-14(21-11(13)2)17-19-6-7-25-17/h3-9H,1-2H3,(H,22,24). The van der Waals surface area contributed by atoms with Gasteiger partial charge in [-0.25, -0.2) is 24.6 Å². The Morgan fingerprint density at radius 1 is 1.20 bits per heavy atom. The molecule has 8 heteroatoms. The fourth-order valence-corrected chi connectivity index (χ4v) is 3.18. The van der Waals surface area contributed by atoms with E-state index in [1.165, 1.54) is 17.5 Å². The zero-order chi connectivity index (χ0) is 17.4. The zero-order valence-corrected chi connectivity index (χ0v) is 14.4. The minimum Gasteiger partial charge on any atom is -0.267 e. The van der Waals surface area contributed by atoms with Gasteiger partial charge in [0, 0.05) is 35.6 Å². The average Bonchev–Trinajstić information content (AvgIpc) is 3.24. The SMILES string of the molecule is Cc1nc(-c2nccs2)ncc1C(=O)Nn1cc(C)c2cccnc21. The lowest BCUT2D eigenvalue weighted by atomic mass is 10.2. The van der Waals surface area contributed by atoms with E-state index in [-0.39, 0.29) is 5.91 Å². The molecule has 0 aromatic carbocycles. The summed E-state index contributed by atoms with van der Waals surface area (Å²) in [6.07, 6.45) is 6.77. The maximum absolute atomic E-state index is 12.6. The lowest BCUT2D eigenvalue weighted by Gasteiger charge is -2.09. The van der Waals surface area contributed by atoms with Crippen LogP contribution < -0.4 is 5.43 Å². The average molecular weight is 350 g/mol. The van der Waals surface area contributed by atoms with Crippen molar-refractivity contribution in [1.82, 2.24) is 24.6 Å². The molecule has 0 bridgehead atoms. The van der Waals surface area contributed by atoms with E-state index < -0.39 is 0 Å². The number of amides is 1. The van der Waals surface area contributed by atoms with Crippen LogP contribution >= 0.6 is 11.3 Å². The molecule has 0 saturated carbocycles. The fourth-order valence-electron chi connectivity index (χ4n) is 2.60. The Balaban J connectivity index is 1.65. The zero-order valence-electron chi connectivity index (χ0n) is 13.6. The van der Waals surface area contributed by atoms with Crippen molar-refractivity contribution in [2.45, 2.75) is 13.8 Å². The smallest absolute Gasteiger partial charge is 0.267 e. The first kappa shape index (κ1) is 15.4. The Hall–Kier alpha value is -3.13. The number of hydrogen-bond donors (Lipinski definition) is 1. The number of hydrogen-bond acceptors (Lipinski definition) is 6. The highest BCUT2D eigenvalue weighted by Crippen LogP contribution is 2.19. The van der Waals surface area contributed by atoms with Crippen LogP contribution in [0.15, 0.2) is 42.3 Å². The molecule has 1 amide bonds. The van der Waals surface area contributed by atoms with Crippen LogP contribution in [0.5, 0.6) is 0 Å². The molecule has 4 rings (SSSR count). The van der Waals surface area contributed by atoms with Gasteiger partial charge in [-0.05, 0) is 31.5 Å². The molecule has 0 aliphatic carbocycles. The number of pyridine rings is 1. The van der Waals surface area contributed by atoms with Crippen molar-refractivity contribution >= 4 is 28.3 Å². The predicted molar refractivity (Wildman–Crippen MR) is 96.0 cm³/mol. The molecule has 0 aliphatic rings. The maximum atomic E-state index is 12.6. The number of nitrogens with one attached hydrogen (secondary N) is 1. The molecule has 25 heavy (non-hydrogen) atoms. The number of rotatable bonds is 3. The molecule has 0 fully saturated rings. The van der Waals surface area contributed by atoms with E-state index in [1.54, 1.807) is 24.0 Å². The molecule has 0 unspecified atom stereocenters. The van der Waals surface area contributed by atoms with E-state index >= 15 is 0 Å². The number of aryl methyl sites for hydroxylation is 2. The summed E-state index contributed by atoms with van der Waals surface area (Å²) in [4.78, 5) is 29.8. The highest BCUT2D eigenvalue weighted by Gasteiger charge is 2.15. The molecule has 4 aromatic heterocycles. The van der Waals surface area contributed by atoms with Crippen LogP contribution in [0.25, 0.3) is 21.9 Å². The van der Waals surface area contributed by atoms with Crippen LogP contribution in [0, 0.1) is 13.8 Å². The predicted octanol–water partition coefficient (Wildman–Crippen LogP) is 2.95. The number of nitrogens with zero attached hydrogens (tertiary/aromatic N) is 5. The van der Waals surface area contributed by atoms with E-state index in [1.807, 2.05) is 30.6 Å². The third-order valence-corrected chi connectivity index (χ3v) is 4.60. The first-order chi connectivity index (χ1) is 12.1. The van der Waals surface area contributed by atoms with Gasteiger partial charge in [0.2, 0.25) is 0 Å². The van der Waals surface area contributed by atoms with Crippen molar-refractivity contribution in [2.24, 2.45) is 0 Å². The number of fused-ring (bicyclic) bond motifs is 1. The van der Waals surface area contributed by atoms with Crippen molar-refractivity contribution in [3.8, 4) is 10.8 Å². The highest BCUT2D eigenvalue weighted by molar-refractivity contribution is 7.12. The van der Waals surface area contributed by atoms with Crippen LogP contribution in [-0.2, 0) is 0 Å². The molecule has 0 spiro atoms. The molecule has 0 aliphatic heterocycles. The van der Waals surface area contributed by atoms with Gasteiger partial charge >= 0.3 is 0 Å². The van der Waals surface area contributed by atoms with Gasteiger partial charge in [0.15, 0.2) is 16.5 Å². The van der Waals surface area contributed by atoms with Crippen LogP contribution in [0.1, 0.15) is 21.6 Å². The quantitative estimate of drug-likeness (QED) is 0.614. The van der Waals surface area contributed by atoms with Crippen LogP contribution in [-0.4, -0.2) is 30.5 Å². The second-order valence-corrected chi connectivity index (χ2v) is 6.42. The Morgan fingerprint density at radius 3 is 2.84 bits per heavy atom. The molecule has 0 atom stereocenters. The molecule has 4 aromatic rings. The van der Waals surface area contributed by atoms with Gasteiger partial charge in [0.05, 0.1) is 11.3 Å². The number of thiazole rings is 1. The van der Waals surface area contributed by atoms with Crippen LogP contribution in [0.4, 0.5) is 0 Å². The van der Waals surface area contributed by atoms with Crippen molar-refractivity contribution in [2.75, 3.05) is 5.43 Å². The first-order valence-corrected chi connectivity index (χ1v) is 8.49. The van der Waals surface area contributed by atoms with Gasteiger partial charge in [0.25, 0.3) is 5.91 Å². The third kappa shape index (κ3) is 2.76. The van der Waals surface area contributed by atoms with E-state index in [0.717, 1.165) is 16.0 Å². The van der Waals surface area contributed by atoms with Gasteiger partial charge in [0.1, 0.15) is 0 Å². The summed E-state index contributed by atoms with van der Waals surface area (Å²) in [6, 6.07) is 3.84. The van der Waals surface area contributed by atoms with Crippen molar-refractivity contribution in [3.63, 3.8) is 0 Å². The number of carbonyl (C=O) groups excluding carboxylic acids is 1. The largest absolute Gasteiger partial charge is 0.273 e. The summed E-state index contributed by atoms with van der Waals surface area (Å²) in [5.74, 6) is 0.235. The summed E-state index contributed by atoms with van der Waals surface area (Å²) in [5, 5.41) is 3.59. The van der Waals surface area contributed by atoms with Gasteiger partial charge in [-0.2, -0.15) is 0 Å². The van der Waals surface area contributed by atoms with E-state index in [2.05, 4.69) is 25.4 Å². The molecule has 0 saturated heterocycles. The van der Waals surface area contributed by atoms with E-state index in [0.29, 0.717) is 22.7 Å². The lowest BCUT2D eigenvalue weighted by molar-refractivity contribution is 0.101. The minimum absolute atomic E-state index is 0.286. The Morgan fingerprint density at radius 2 is 2.08 bits per heavy atom. The highest BCUT2D eigenvalue weighted by atomic mass is 32.1. The Kier molecular flexibility index (Phi) is 3.73. The molecule has 7 nitrogen and oxygen atoms in total. The topological polar surface area (TPSA) is 85.6 Å². The maximum Gasteiger partial charge on any atom is 0.273 e. The van der Waals surface area contributed by atoms with Gasteiger partial charge in [-0.3, -0.25) is 10.2 Å². The van der Waals surface area contributed by atoms with Crippen molar-refractivity contribution < 1.29 is 4.79 Å². The summed E-state index contributed by atoms with van der Waals surface area (Å²) in [7, 11) is 0. The Bertz CT molecular complexity index is 1070. The summed E-state index contributed by atoms with van der Waals surface area (Å²) in [6.45, 7) is 3.76. The van der Waals surface area contributed by atoms with Crippen molar-refractivity contribution in [1.29, 1.82) is 0 Å². The van der Waals surface area contributed by atoms with E-state index in [9.17, 15) is 4.79 Å². The van der Waals surface area contributed by atoms with Gasteiger partial charge < -0.3 is 0 Å². The summed E-state index contributed by atoms with van der Waals surface area (Å²) in [5.41, 5.74) is 5.59. The minimum atomic E-state index is -0.286. The van der Waals surface area contributed by atoms with Crippen molar-refractivity contribution in [3.05, 3.63) is 59.1 Å². The monoisotopic (exact) mass is 350 g/mol. The molecule has 0 radical (unpaired) electrons. The number of carbonyl (C=O) groups is 1. The van der Waals surface area contributed by atoms with E-state index in [4.69, 9.17) is 0 Å². The normalized spacial score (nSPS) is 11.0. The molecular weight excluding hydrogens is 336 g/mol. The molecule has 124 valence electrons. The second kappa shape index (κ2) is 6.06. The second-order valence-electron chi connectivity index (χ2n) is 5.53. The Labute approximate surface area is 147 Å². The summed E-state index contributed by atoms with van der Waals surface area (Å²) < 4.78 is 1.63. The molecule has 1 N–H and O–H groups in total. The molecular formula is C17H14N6OS. The van der Waals surface area contributed by atoms with Crippen LogP contribution in [0.3, 0.4) is 0 Å². The molecule has 4 heterocycles. The first-order valence-electron chi connectivity index (χ1n) is 7.61. The third-order valence-electron chi connectivity index (χ3n) is 3.83. The number of aromatic nitrogens is 5. The van der Waals surface area contributed by atoms with Crippen LogP contribution in [0.2, 0.25) is 0 Å². The summed E-state index contributed by atoms with van der Waals surface area (Å²) >= 11 is 1.46.